The SMILES string of the molecule is COc1ccc(CN2C(=O)C(O)=C(C(=O)c3ccco3)C2c2cccc(C)c2)cc1. The van der Waals surface area contributed by atoms with Crippen LogP contribution < -0.4 is 4.74 Å². The van der Waals surface area contributed by atoms with E-state index >= 15 is 0 Å². The van der Waals surface area contributed by atoms with Gasteiger partial charge in [-0.3, -0.25) is 9.59 Å². The smallest absolute Gasteiger partial charge is 0.290 e. The molecule has 1 amide bonds. The van der Waals surface area contributed by atoms with Crippen molar-refractivity contribution in [2.24, 2.45) is 0 Å². The van der Waals surface area contributed by atoms with Gasteiger partial charge in [0.15, 0.2) is 11.5 Å². The fourth-order valence-electron chi connectivity index (χ4n) is 3.70. The number of carbonyl (C=O) groups is 2. The van der Waals surface area contributed by atoms with Gasteiger partial charge in [-0.25, -0.2) is 0 Å². The van der Waals surface area contributed by atoms with Crippen molar-refractivity contribution in [2.45, 2.75) is 19.5 Å². The van der Waals surface area contributed by atoms with E-state index in [2.05, 4.69) is 0 Å². The van der Waals surface area contributed by atoms with Crippen molar-refractivity contribution >= 4 is 11.7 Å². The molecule has 2 heterocycles. The Morgan fingerprint density at radius 1 is 1.13 bits per heavy atom. The number of nitrogens with zero attached hydrogens (tertiary/aromatic N) is 1. The maximum atomic E-state index is 13.1. The summed E-state index contributed by atoms with van der Waals surface area (Å²) < 4.78 is 10.4. The molecule has 0 saturated carbocycles. The minimum Gasteiger partial charge on any atom is -0.503 e. The van der Waals surface area contributed by atoms with E-state index in [-0.39, 0.29) is 17.9 Å². The minimum atomic E-state index is -0.725. The summed E-state index contributed by atoms with van der Waals surface area (Å²) in [5.74, 6) is -0.858. The third-order valence-corrected chi connectivity index (χ3v) is 5.16. The third kappa shape index (κ3) is 3.48. The number of ether oxygens (including phenoxy) is 1. The number of hydrogen-bond donors (Lipinski definition) is 1. The molecule has 1 N–H and O–H groups in total. The van der Waals surface area contributed by atoms with Gasteiger partial charge in [-0.2, -0.15) is 0 Å². The Morgan fingerprint density at radius 2 is 1.90 bits per heavy atom. The Bertz CT molecular complexity index is 1110. The van der Waals surface area contributed by atoms with Gasteiger partial charge < -0.3 is 19.2 Å². The molecule has 1 aliphatic heterocycles. The molecule has 3 aromatic rings. The number of carbonyl (C=O) groups excluding carboxylic acids is 2. The van der Waals surface area contributed by atoms with Crippen LogP contribution in [0.25, 0.3) is 0 Å². The average Bonchev–Trinajstić information content (AvgIpc) is 3.37. The Kier molecular flexibility index (Phi) is 5.14. The molecule has 4 rings (SSSR count). The van der Waals surface area contributed by atoms with Crippen LogP contribution in [-0.2, 0) is 11.3 Å². The molecule has 1 aliphatic rings. The molecule has 1 aromatic heterocycles. The van der Waals surface area contributed by atoms with E-state index < -0.39 is 23.5 Å². The number of methoxy groups -OCH3 is 1. The summed E-state index contributed by atoms with van der Waals surface area (Å²) in [4.78, 5) is 27.6. The van der Waals surface area contributed by atoms with Crippen LogP contribution >= 0.6 is 0 Å². The summed E-state index contributed by atoms with van der Waals surface area (Å²) in [5, 5.41) is 10.7. The molecule has 30 heavy (non-hydrogen) atoms. The third-order valence-electron chi connectivity index (χ3n) is 5.16. The van der Waals surface area contributed by atoms with Crippen molar-refractivity contribution in [1.29, 1.82) is 0 Å². The zero-order valence-corrected chi connectivity index (χ0v) is 16.7. The molecule has 0 fully saturated rings. The first-order valence-corrected chi connectivity index (χ1v) is 9.51. The molecule has 0 saturated heterocycles. The second-order valence-electron chi connectivity index (χ2n) is 7.17. The van der Waals surface area contributed by atoms with Crippen LogP contribution in [0.3, 0.4) is 0 Å². The van der Waals surface area contributed by atoms with Crippen LogP contribution in [0.4, 0.5) is 0 Å². The largest absolute Gasteiger partial charge is 0.503 e. The van der Waals surface area contributed by atoms with E-state index in [1.807, 2.05) is 43.3 Å². The zero-order chi connectivity index (χ0) is 21.3. The van der Waals surface area contributed by atoms with E-state index in [1.165, 1.54) is 17.2 Å². The summed E-state index contributed by atoms with van der Waals surface area (Å²) in [6, 6.07) is 17.3. The first-order chi connectivity index (χ1) is 14.5. The number of ketones is 1. The minimum absolute atomic E-state index is 0.0223. The van der Waals surface area contributed by atoms with E-state index in [4.69, 9.17) is 9.15 Å². The van der Waals surface area contributed by atoms with Crippen molar-refractivity contribution in [3.8, 4) is 5.75 Å². The molecule has 6 nitrogen and oxygen atoms in total. The second kappa shape index (κ2) is 7.91. The van der Waals surface area contributed by atoms with Crippen LogP contribution in [0.2, 0.25) is 0 Å². The Balaban J connectivity index is 1.77. The highest BCUT2D eigenvalue weighted by Crippen LogP contribution is 2.40. The molecule has 1 atom stereocenters. The van der Waals surface area contributed by atoms with Crippen LogP contribution in [0.15, 0.2) is 82.7 Å². The quantitative estimate of drug-likeness (QED) is 0.618. The van der Waals surface area contributed by atoms with Gasteiger partial charge in [-0.15, -0.1) is 0 Å². The average molecular weight is 403 g/mol. The Morgan fingerprint density at radius 3 is 2.53 bits per heavy atom. The number of rotatable bonds is 6. The fourth-order valence-corrected chi connectivity index (χ4v) is 3.70. The number of aryl methyl sites for hydroxylation is 1. The van der Waals surface area contributed by atoms with E-state index in [0.29, 0.717) is 5.75 Å². The van der Waals surface area contributed by atoms with Crippen molar-refractivity contribution in [2.75, 3.05) is 7.11 Å². The topological polar surface area (TPSA) is 80.0 Å². The van der Waals surface area contributed by atoms with Crippen molar-refractivity contribution < 1.29 is 23.8 Å². The Hall–Kier alpha value is -3.80. The molecule has 1 unspecified atom stereocenters. The van der Waals surface area contributed by atoms with Gasteiger partial charge in [0.1, 0.15) is 5.75 Å². The van der Waals surface area contributed by atoms with E-state index in [9.17, 15) is 14.7 Å². The lowest BCUT2D eigenvalue weighted by molar-refractivity contribution is -0.130. The number of furan rings is 1. The van der Waals surface area contributed by atoms with Gasteiger partial charge in [-0.05, 0) is 42.3 Å². The van der Waals surface area contributed by atoms with Gasteiger partial charge in [0.05, 0.1) is 25.0 Å². The predicted molar refractivity (Wildman–Crippen MR) is 110 cm³/mol. The first kappa shape index (κ1) is 19.5. The van der Waals surface area contributed by atoms with Gasteiger partial charge in [-0.1, -0.05) is 42.0 Å². The molecule has 0 spiro atoms. The summed E-state index contributed by atoms with van der Waals surface area (Å²) in [7, 11) is 1.58. The number of aliphatic hydroxyl groups excluding tert-OH is 1. The second-order valence-corrected chi connectivity index (χ2v) is 7.17. The van der Waals surface area contributed by atoms with Crippen LogP contribution in [0.1, 0.15) is 33.3 Å². The Labute approximate surface area is 174 Å². The predicted octanol–water partition coefficient (Wildman–Crippen LogP) is 4.38. The first-order valence-electron chi connectivity index (χ1n) is 9.51. The lowest BCUT2D eigenvalue weighted by atomic mass is 9.94. The molecular weight excluding hydrogens is 382 g/mol. The highest BCUT2D eigenvalue weighted by atomic mass is 16.5. The van der Waals surface area contributed by atoms with Crippen LogP contribution in [0.5, 0.6) is 5.75 Å². The maximum Gasteiger partial charge on any atom is 0.290 e. The monoisotopic (exact) mass is 403 g/mol. The lowest BCUT2D eigenvalue weighted by Gasteiger charge is -2.27. The lowest BCUT2D eigenvalue weighted by Crippen LogP contribution is -2.30. The van der Waals surface area contributed by atoms with Crippen LogP contribution in [0, 0.1) is 6.92 Å². The summed E-state index contributed by atoms with van der Waals surface area (Å²) in [6.45, 7) is 2.16. The van der Waals surface area contributed by atoms with E-state index in [1.54, 1.807) is 25.3 Å². The summed E-state index contributed by atoms with van der Waals surface area (Å²) in [5.41, 5.74) is 2.60. The fraction of sp³-hybridized carbons (Fsp3) is 0.167. The number of aliphatic hydroxyl groups is 1. The van der Waals surface area contributed by atoms with E-state index in [0.717, 1.165) is 16.7 Å². The molecule has 152 valence electrons. The summed E-state index contributed by atoms with van der Waals surface area (Å²) in [6.07, 6.45) is 1.39. The van der Waals surface area contributed by atoms with Crippen molar-refractivity contribution in [3.63, 3.8) is 0 Å². The number of Topliss-reactive ketones (excluding diaryl/α,β-unsaturated/α-hetero) is 1. The highest BCUT2D eigenvalue weighted by Gasteiger charge is 2.44. The number of amides is 1. The molecule has 2 aromatic carbocycles. The summed E-state index contributed by atoms with van der Waals surface area (Å²) >= 11 is 0. The molecule has 6 heteroatoms. The van der Waals surface area contributed by atoms with Gasteiger partial charge in [0.2, 0.25) is 5.78 Å². The highest BCUT2D eigenvalue weighted by molar-refractivity contribution is 6.15. The standard InChI is InChI=1S/C24H21NO5/c1-15-5-3-6-17(13-15)21-20(22(26)19-7-4-12-30-19)23(27)24(28)25(21)14-16-8-10-18(29-2)11-9-16/h3-13,21,27H,14H2,1-2H3. The maximum absolute atomic E-state index is 13.1. The number of benzene rings is 2. The molecule has 0 aliphatic carbocycles. The van der Waals surface area contributed by atoms with Crippen LogP contribution in [-0.4, -0.2) is 28.8 Å². The van der Waals surface area contributed by atoms with Gasteiger partial charge in [0.25, 0.3) is 5.91 Å². The molecule has 0 bridgehead atoms. The molecule has 0 radical (unpaired) electrons. The van der Waals surface area contributed by atoms with Crippen molar-refractivity contribution in [3.05, 3.63) is 101 Å². The normalized spacial score (nSPS) is 16.3. The van der Waals surface area contributed by atoms with Gasteiger partial charge >= 0.3 is 0 Å². The molecular formula is C24H21NO5. The van der Waals surface area contributed by atoms with Crippen molar-refractivity contribution in [1.82, 2.24) is 4.90 Å². The number of hydrogen-bond acceptors (Lipinski definition) is 5. The zero-order valence-electron chi connectivity index (χ0n) is 16.7. The van der Waals surface area contributed by atoms with Gasteiger partial charge in [0, 0.05) is 6.54 Å².